The minimum Gasteiger partial charge on any atom is -0.497 e. The van der Waals surface area contributed by atoms with E-state index in [1.807, 2.05) is 6.92 Å². The number of likely N-dealkylation sites (N-methyl/N-ethyl adjacent to an activating group) is 1. The SMILES string of the molecule is CNC(=O)C(C)N(Cc1ccc(OC)cc1)C(=O)CN(c1ccc(OC)c(OC)c1)S(=O)(=O)c1ccc(C)cc1. The lowest BCUT2D eigenvalue weighted by Crippen LogP contribution is -2.50. The molecule has 0 saturated heterocycles. The predicted octanol–water partition coefficient (Wildman–Crippen LogP) is 3.38. The summed E-state index contributed by atoms with van der Waals surface area (Å²) in [6.07, 6.45) is 0. The van der Waals surface area contributed by atoms with Gasteiger partial charge in [-0.05, 0) is 55.8 Å². The van der Waals surface area contributed by atoms with E-state index in [-0.39, 0.29) is 23.0 Å². The average Bonchev–Trinajstić information content (AvgIpc) is 2.97. The molecule has 0 aliphatic rings. The van der Waals surface area contributed by atoms with Gasteiger partial charge >= 0.3 is 0 Å². The summed E-state index contributed by atoms with van der Waals surface area (Å²) in [5, 5.41) is 2.56. The van der Waals surface area contributed by atoms with Gasteiger partial charge < -0.3 is 24.4 Å². The molecule has 1 N–H and O–H groups in total. The standard InChI is InChI=1S/C29H35N3O7S/c1-20-7-14-25(15-8-20)40(35,36)32(23-11-16-26(38-5)27(17-23)39-6)19-28(33)31(21(2)29(34)30-3)18-22-9-12-24(37-4)13-10-22/h7-17,21H,18-19H2,1-6H3,(H,30,34). The van der Waals surface area contributed by atoms with Gasteiger partial charge in [-0.2, -0.15) is 0 Å². The van der Waals surface area contributed by atoms with Gasteiger partial charge in [0.1, 0.15) is 18.3 Å². The van der Waals surface area contributed by atoms with Crippen molar-refractivity contribution < 1.29 is 32.2 Å². The van der Waals surface area contributed by atoms with Crippen LogP contribution in [-0.4, -0.2) is 66.1 Å². The van der Waals surface area contributed by atoms with Gasteiger partial charge in [-0.3, -0.25) is 13.9 Å². The summed E-state index contributed by atoms with van der Waals surface area (Å²) in [5.74, 6) is 0.383. The van der Waals surface area contributed by atoms with Crippen LogP contribution in [0.15, 0.2) is 71.6 Å². The monoisotopic (exact) mass is 569 g/mol. The van der Waals surface area contributed by atoms with Crippen molar-refractivity contribution in [2.75, 3.05) is 39.2 Å². The summed E-state index contributed by atoms with van der Waals surface area (Å²) in [6, 6.07) is 17.1. The Morgan fingerprint density at radius 3 is 2.05 bits per heavy atom. The Hall–Kier alpha value is -4.25. The summed E-state index contributed by atoms with van der Waals surface area (Å²) in [5.41, 5.74) is 1.82. The maximum Gasteiger partial charge on any atom is 0.264 e. The first-order valence-electron chi connectivity index (χ1n) is 12.5. The number of benzene rings is 3. The van der Waals surface area contributed by atoms with E-state index in [1.54, 1.807) is 56.5 Å². The van der Waals surface area contributed by atoms with E-state index in [1.165, 1.54) is 50.4 Å². The first kappa shape index (κ1) is 30.3. The van der Waals surface area contributed by atoms with Gasteiger partial charge in [-0.1, -0.05) is 29.8 Å². The second-order valence-corrected chi connectivity index (χ2v) is 10.9. The highest BCUT2D eigenvalue weighted by Gasteiger charge is 2.32. The Kier molecular flexibility index (Phi) is 10.0. The summed E-state index contributed by atoms with van der Waals surface area (Å²) in [7, 11) is 1.73. The molecule has 214 valence electrons. The van der Waals surface area contributed by atoms with Crippen LogP contribution in [-0.2, 0) is 26.2 Å². The highest BCUT2D eigenvalue weighted by Crippen LogP contribution is 2.34. The number of nitrogens with zero attached hydrogens (tertiary/aromatic N) is 2. The molecular formula is C29H35N3O7S. The number of nitrogens with one attached hydrogen (secondary N) is 1. The van der Waals surface area contributed by atoms with Gasteiger partial charge in [-0.15, -0.1) is 0 Å². The molecule has 3 rings (SSSR count). The lowest BCUT2D eigenvalue weighted by atomic mass is 10.1. The van der Waals surface area contributed by atoms with Crippen molar-refractivity contribution in [2.45, 2.75) is 31.3 Å². The number of aryl methyl sites for hydroxylation is 1. The Morgan fingerprint density at radius 2 is 1.50 bits per heavy atom. The fourth-order valence-electron chi connectivity index (χ4n) is 4.07. The lowest BCUT2D eigenvalue weighted by molar-refractivity contribution is -0.139. The Labute approximate surface area is 235 Å². The van der Waals surface area contributed by atoms with Crippen LogP contribution in [0.2, 0.25) is 0 Å². The molecular weight excluding hydrogens is 534 g/mol. The summed E-state index contributed by atoms with van der Waals surface area (Å²) in [6.45, 7) is 2.95. The molecule has 40 heavy (non-hydrogen) atoms. The zero-order valence-corrected chi connectivity index (χ0v) is 24.3. The Bertz CT molecular complexity index is 1420. The van der Waals surface area contributed by atoms with Crippen molar-refractivity contribution in [3.63, 3.8) is 0 Å². The number of amides is 2. The van der Waals surface area contributed by atoms with E-state index < -0.39 is 28.5 Å². The van der Waals surface area contributed by atoms with Crippen molar-refractivity contribution >= 4 is 27.5 Å². The third-order valence-electron chi connectivity index (χ3n) is 6.47. The fraction of sp³-hybridized carbons (Fsp3) is 0.310. The van der Waals surface area contributed by atoms with E-state index >= 15 is 0 Å². The van der Waals surface area contributed by atoms with E-state index in [0.29, 0.717) is 17.2 Å². The number of anilines is 1. The molecule has 3 aromatic rings. The smallest absolute Gasteiger partial charge is 0.264 e. The highest BCUT2D eigenvalue weighted by molar-refractivity contribution is 7.92. The largest absolute Gasteiger partial charge is 0.497 e. The molecule has 0 bridgehead atoms. The fourth-order valence-corrected chi connectivity index (χ4v) is 5.47. The number of carbonyl (C=O) groups excluding carboxylic acids is 2. The van der Waals surface area contributed by atoms with Crippen LogP contribution < -0.4 is 23.8 Å². The van der Waals surface area contributed by atoms with E-state index in [9.17, 15) is 18.0 Å². The maximum absolute atomic E-state index is 13.9. The van der Waals surface area contributed by atoms with E-state index in [4.69, 9.17) is 14.2 Å². The zero-order chi connectivity index (χ0) is 29.4. The second kappa shape index (κ2) is 13.2. The number of hydrogen-bond donors (Lipinski definition) is 1. The molecule has 0 aliphatic heterocycles. The van der Waals surface area contributed by atoms with Gasteiger partial charge in [-0.25, -0.2) is 8.42 Å². The summed E-state index contributed by atoms with van der Waals surface area (Å²) >= 11 is 0. The number of rotatable bonds is 12. The second-order valence-electron chi connectivity index (χ2n) is 9.02. The molecule has 1 atom stereocenters. The topological polar surface area (TPSA) is 114 Å². The van der Waals surface area contributed by atoms with Gasteiger partial charge in [0, 0.05) is 19.7 Å². The maximum atomic E-state index is 13.9. The van der Waals surface area contributed by atoms with Crippen molar-refractivity contribution in [1.82, 2.24) is 10.2 Å². The minimum atomic E-state index is -4.21. The number of ether oxygens (including phenoxy) is 3. The predicted molar refractivity (Wildman–Crippen MR) is 152 cm³/mol. The Balaban J connectivity index is 2.07. The molecule has 0 saturated carbocycles. The first-order valence-corrected chi connectivity index (χ1v) is 13.9. The third-order valence-corrected chi connectivity index (χ3v) is 8.26. The number of sulfonamides is 1. The van der Waals surface area contributed by atoms with Crippen LogP contribution in [0.1, 0.15) is 18.1 Å². The van der Waals surface area contributed by atoms with Crippen LogP contribution in [0.5, 0.6) is 17.2 Å². The summed E-state index contributed by atoms with van der Waals surface area (Å²) < 4.78 is 44.8. The van der Waals surface area contributed by atoms with Crippen molar-refractivity contribution in [1.29, 1.82) is 0 Å². The molecule has 0 spiro atoms. The van der Waals surface area contributed by atoms with Crippen LogP contribution in [0.4, 0.5) is 5.69 Å². The molecule has 11 heteroatoms. The number of hydrogen-bond acceptors (Lipinski definition) is 7. The third kappa shape index (κ3) is 6.84. The summed E-state index contributed by atoms with van der Waals surface area (Å²) in [4.78, 5) is 27.9. The van der Waals surface area contributed by atoms with Crippen molar-refractivity contribution in [2.24, 2.45) is 0 Å². The molecule has 0 aromatic heterocycles. The van der Waals surface area contributed by atoms with Crippen molar-refractivity contribution in [3.8, 4) is 17.2 Å². The van der Waals surface area contributed by atoms with Gasteiger partial charge in [0.25, 0.3) is 10.0 Å². The van der Waals surface area contributed by atoms with Crippen LogP contribution >= 0.6 is 0 Å². The molecule has 10 nitrogen and oxygen atoms in total. The van der Waals surface area contributed by atoms with Crippen LogP contribution in [0.25, 0.3) is 0 Å². The zero-order valence-electron chi connectivity index (χ0n) is 23.5. The molecule has 0 heterocycles. The first-order chi connectivity index (χ1) is 19.0. The molecule has 0 radical (unpaired) electrons. The van der Waals surface area contributed by atoms with E-state index in [2.05, 4.69) is 5.32 Å². The molecule has 2 amide bonds. The Morgan fingerprint density at radius 1 is 0.875 bits per heavy atom. The molecule has 3 aromatic carbocycles. The van der Waals surface area contributed by atoms with Gasteiger partial charge in [0.2, 0.25) is 11.8 Å². The highest BCUT2D eigenvalue weighted by atomic mass is 32.2. The van der Waals surface area contributed by atoms with Crippen molar-refractivity contribution in [3.05, 3.63) is 77.9 Å². The number of methoxy groups -OCH3 is 3. The number of carbonyl (C=O) groups is 2. The van der Waals surface area contributed by atoms with E-state index in [0.717, 1.165) is 15.4 Å². The molecule has 1 unspecified atom stereocenters. The van der Waals surface area contributed by atoms with Crippen LogP contribution in [0.3, 0.4) is 0 Å². The average molecular weight is 570 g/mol. The van der Waals surface area contributed by atoms with Crippen LogP contribution in [0, 0.1) is 6.92 Å². The minimum absolute atomic E-state index is 0.0155. The van der Waals surface area contributed by atoms with Gasteiger partial charge in [0.15, 0.2) is 11.5 Å². The normalized spacial score (nSPS) is 11.8. The quantitative estimate of drug-likeness (QED) is 0.356. The van der Waals surface area contributed by atoms with Gasteiger partial charge in [0.05, 0.1) is 31.9 Å². The molecule has 0 aliphatic carbocycles. The lowest BCUT2D eigenvalue weighted by Gasteiger charge is -2.32. The molecule has 0 fully saturated rings.